The van der Waals surface area contributed by atoms with Gasteiger partial charge in [0.25, 0.3) is 0 Å². The summed E-state index contributed by atoms with van der Waals surface area (Å²) in [5.41, 5.74) is 8.96. The molecular formula is C16H19N3O. The molecule has 0 heterocycles. The third-order valence-corrected chi connectivity index (χ3v) is 3.10. The highest BCUT2D eigenvalue weighted by Crippen LogP contribution is 2.23. The lowest BCUT2D eigenvalue weighted by atomic mass is 10.0. The molecule has 1 unspecified atom stereocenters. The minimum absolute atomic E-state index is 0.0334. The fourth-order valence-corrected chi connectivity index (χ4v) is 2.12. The minimum atomic E-state index is -0.0334. The molecule has 0 aromatic heterocycles. The molecule has 2 aromatic rings. The fourth-order valence-electron chi connectivity index (χ4n) is 2.12. The molecule has 0 saturated heterocycles. The molecule has 2 aromatic carbocycles. The van der Waals surface area contributed by atoms with Crippen molar-refractivity contribution in [2.24, 2.45) is 10.9 Å². The fraction of sp³-hybridized carbons (Fsp3) is 0.188. The van der Waals surface area contributed by atoms with Crippen molar-refractivity contribution in [3.63, 3.8) is 0 Å². The Kier molecular flexibility index (Phi) is 4.60. The van der Waals surface area contributed by atoms with Gasteiger partial charge in [0, 0.05) is 12.1 Å². The Hall–Kier alpha value is -2.49. The van der Waals surface area contributed by atoms with E-state index >= 15 is 0 Å². The van der Waals surface area contributed by atoms with Crippen LogP contribution in [0.2, 0.25) is 0 Å². The Morgan fingerprint density at radius 2 is 1.95 bits per heavy atom. The summed E-state index contributed by atoms with van der Waals surface area (Å²) in [5.74, 6) is 0.207. The van der Waals surface area contributed by atoms with E-state index in [0.717, 1.165) is 11.3 Å². The molecule has 1 atom stereocenters. The molecule has 0 bridgehead atoms. The van der Waals surface area contributed by atoms with Crippen LogP contribution in [0.5, 0.6) is 0 Å². The van der Waals surface area contributed by atoms with Crippen LogP contribution in [-0.2, 0) is 0 Å². The molecule has 104 valence electrons. The number of hydrogen-bond donors (Lipinski definition) is 3. The van der Waals surface area contributed by atoms with Crippen LogP contribution < -0.4 is 11.1 Å². The average Bonchev–Trinajstić information content (AvgIpc) is 2.47. The highest BCUT2D eigenvalue weighted by atomic mass is 16.4. The number of amidine groups is 1. The van der Waals surface area contributed by atoms with Gasteiger partial charge in [0.15, 0.2) is 0 Å². The molecule has 4 nitrogen and oxygen atoms in total. The van der Waals surface area contributed by atoms with E-state index in [4.69, 9.17) is 10.9 Å². The van der Waals surface area contributed by atoms with Crippen LogP contribution in [0, 0.1) is 6.92 Å². The Balaban J connectivity index is 2.23. The first-order valence-corrected chi connectivity index (χ1v) is 6.53. The molecule has 0 fully saturated rings. The van der Waals surface area contributed by atoms with Gasteiger partial charge in [0.1, 0.15) is 5.84 Å². The van der Waals surface area contributed by atoms with Gasteiger partial charge < -0.3 is 16.3 Å². The first-order valence-electron chi connectivity index (χ1n) is 6.53. The van der Waals surface area contributed by atoms with Crippen molar-refractivity contribution in [1.82, 2.24) is 0 Å². The van der Waals surface area contributed by atoms with Crippen molar-refractivity contribution < 1.29 is 5.21 Å². The zero-order valence-electron chi connectivity index (χ0n) is 11.5. The first-order chi connectivity index (χ1) is 9.69. The molecule has 4 heteroatoms. The molecule has 0 amide bonds. The molecule has 20 heavy (non-hydrogen) atoms. The third kappa shape index (κ3) is 3.75. The van der Waals surface area contributed by atoms with Gasteiger partial charge in [-0.3, -0.25) is 0 Å². The zero-order chi connectivity index (χ0) is 14.4. The maximum atomic E-state index is 8.78. The molecule has 4 N–H and O–H groups in total. The summed E-state index contributed by atoms with van der Waals surface area (Å²) in [4.78, 5) is 0. The number of rotatable bonds is 5. The molecule has 0 spiro atoms. The first kappa shape index (κ1) is 13.9. The van der Waals surface area contributed by atoms with Gasteiger partial charge in [-0.05, 0) is 30.2 Å². The van der Waals surface area contributed by atoms with E-state index in [0.29, 0.717) is 6.42 Å². The Morgan fingerprint density at radius 1 is 1.20 bits per heavy atom. The highest BCUT2D eigenvalue weighted by Gasteiger charge is 2.13. The van der Waals surface area contributed by atoms with Gasteiger partial charge in [-0.25, -0.2) is 0 Å². The molecule has 0 radical (unpaired) electrons. The van der Waals surface area contributed by atoms with Crippen LogP contribution in [0.3, 0.4) is 0 Å². The second-order valence-corrected chi connectivity index (χ2v) is 4.77. The summed E-state index contributed by atoms with van der Waals surface area (Å²) in [7, 11) is 0. The molecule has 0 aliphatic rings. The van der Waals surface area contributed by atoms with Crippen LogP contribution in [0.1, 0.15) is 23.6 Å². The number of anilines is 1. The summed E-state index contributed by atoms with van der Waals surface area (Å²) in [6.07, 6.45) is 0.439. The molecule has 0 aliphatic carbocycles. The summed E-state index contributed by atoms with van der Waals surface area (Å²) >= 11 is 0. The monoisotopic (exact) mass is 269 g/mol. The molecule has 0 aliphatic heterocycles. The third-order valence-electron chi connectivity index (χ3n) is 3.10. The van der Waals surface area contributed by atoms with E-state index in [1.54, 1.807) is 0 Å². The van der Waals surface area contributed by atoms with E-state index in [1.165, 1.54) is 5.56 Å². The topological polar surface area (TPSA) is 70.6 Å². The SMILES string of the molecule is Cc1cccc(NC(CC(N)=NO)c2ccccc2)c1. The maximum Gasteiger partial charge on any atom is 0.141 e. The number of oxime groups is 1. The molecule has 0 saturated carbocycles. The number of nitrogens with zero attached hydrogens (tertiary/aromatic N) is 1. The van der Waals surface area contributed by atoms with Crippen molar-refractivity contribution in [3.8, 4) is 0 Å². The Bertz CT molecular complexity index is 581. The van der Waals surface area contributed by atoms with Gasteiger partial charge >= 0.3 is 0 Å². The van der Waals surface area contributed by atoms with E-state index < -0.39 is 0 Å². The summed E-state index contributed by atoms with van der Waals surface area (Å²) in [6.45, 7) is 2.05. The van der Waals surface area contributed by atoms with Crippen LogP contribution in [-0.4, -0.2) is 11.0 Å². The lowest BCUT2D eigenvalue weighted by molar-refractivity contribution is 0.316. The minimum Gasteiger partial charge on any atom is -0.409 e. The molecule has 2 rings (SSSR count). The van der Waals surface area contributed by atoms with Crippen LogP contribution >= 0.6 is 0 Å². The average molecular weight is 269 g/mol. The maximum absolute atomic E-state index is 8.78. The van der Waals surface area contributed by atoms with Gasteiger partial charge in [0.2, 0.25) is 0 Å². The number of nitrogens with two attached hydrogens (primary N) is 1. The van der Waals surface area contributed by atoms with Crippen LogP contribution in [0.15, 0.2) is 59.8 Å². The summed E-state index contributed by atoms with van der Waals surface area (Å²) < 4.78 is 0. The van der Waals surface area contributed by atoms with E-state index in [2.05, 4.69) is 16.5 Å². The Labute approximate surface area is 118 Å². The Morgan fingerprint density at radius 3 is 2.60 bits per heavy atom. The number of benzene rings is 2. The van der Waals surface area contributed by atoms with E-state index in [9.17, 15) is 0 Å². The summed E-state index contributed by atoms with van der Waals surface area (Å²) in [5, 5.41) is 15.3. The van der Waals surface area contributed by atoms with Gasteiger partial charge in [-0.2, -0.15) is 0 Å². The van der Waals surface area contributed by atoms with Gasteiger partial charge in [-0.1, -0.05) is 47.6 Å². The predicted molar refractivity (Wildman–Crippen MR) is 82.0 cm³/mol. The van der Waals surface area contributed by atoms with Gasteiger partial charge in [-0.15, -0.1) is 0 Å². The van der Waals surface area contributed by atoms with Crippen molar-refractivity contribution in [3.05, 3.63) is 65.7 Å². The smallest absolute Gasteiger partial charge is 0.141 e. The predicted octanol–water partition coefficient (Wildman–Crippen LogP) is 3.28. The normalized spacial score (nSPS) is 12.9. The zero-order valence-corrected chi connectivity index (χ0v) is 11.5. The number of hydrogen-bond acceptors (Lipinski definition) is 3. The highest BCUT2D eigenvalue weighted by molar-refractivity contribution is 5.80. The van der Waals surface area contributed by atoms with Crippen LogP contribution in [0.4, 0.5) is 5.69 Å². The summed E-state index contributed by atoms with van der Waals surface area (Å²) in [6, 6.07) is 18.1. The van der Waals surface area contributed by atoms with Gasteiger partial charge in [0.05, 0.1) is 6.04 Å². The largest absolute Gasteiger partial charge is 0.409 e. The molecular weight excluding hydrogens is 250 g/mol. The number of aryl methyl sites for hydroxylation is 1. The van der Waals surface area contributed by atoms with E-state index in [1.807, 2.05) is 55.5 Å². The number of nitrogens with one attached hydrogen (secondary N) is 1. The second-order valence-electron chi connectivity index (χ2n) is 4.77. The van der Waals surface area contributed by atoms with E-state index in [-0.39, 0.29) is 11.9 Å². The lowest BCUT2D eigenvalue weighted by Crippen LogP contribution is -2.21. The standard InChI is InChI=1S/C16H19N3O/c1-12-6-5-9-14(10-12)18-15(11-16(17)19-20)13-7-3-2-4-8-13/h2-10,15,18,20H,11H2,1H3,(H2,17,19). The van der Waals surface area contributed by atoms with Crippen molar-refractivity contribution in [2.75, 3.05) is 5.32 Å². The quantitative estimate of drug-likeness (QED) is 0.337. The lowest BCUT2D eigenvalue weighted by Gasteiger charge is -2.20. The van der Waals surface area contributed by atoms with Crippen LogP contribution in [0.25, 0.3) is 0 Å². The second kappa shape index (κ2) is 6.61. The van der Waals surface area contributed by atoms with Crippen molar-refractivity contribution >= 4 is 11.5 Å². The van der Waals surface area contributed by atoms with Crippen molar-refractivity contribution in [2.45, 2.75) is 19.4 Å². The van der Waals surface area contributed by atoms with Crippen molar-refractivity contribution in [1.29, 1.82) is 0 Å².